The molecule has 0 aliphatic heterocycles. The SMILES string of the molecule is COc1ccccc1NC(=O)NCC(c1ccco1)N(C)C. The van der Waals surface area contributed by atoms with Crippen molar-refractivity contribution in [2.24, 2.45) is 0 Å². The Morgan fingerprint density at radius 2 is 2.05 bits per heavy atom. The van der Waals surface area contributed by atoms with E-state index in [-0.39, 0.29) is 12.1 Å². The Bertz CT molecular complexity index is 596. The number of urea groups is 1. The molecule has 1 aromatic heterocycles. The van der Waals surface area contributed by atoms with Crippen LogP contribution in [0.4, 0.5) is 10.5 Å². The number of hydrogen-bond acceptors (Lipinski definition) is 4. The second-order valence-electron chi connectivity index (χ2n) is 5.03. The van der Waals surface area contributed by atoms with E-state index in [1.165, 1.54) is 0 Å². The first kappa shape index (κ1) is 15.9. The van der Waals surface area contributed by atoms with Gasteiger partial charge in [-0.15, -0.1) is 0 Å². The highest BCUT2D eigenvalue weighted by molar-refractivity contribution is 5.90. The summed E-state index contributed by atoms with van der Waals surface area (Å²) < 4.78 is 10.6. The molecule has 118 valence electrons. The quantitative estimate of drug-likeness (QED) is 0.861. The molecular formula is C16H21N3O3. The lowest BCUT2D eigenvalue weighted by atomic mass is 10.2. The van der Waals surface area contributed by atoms with Crippen LogP contribution in [0.2, 0.25) is 0 Å². The second kappa shape index (κ2) is 7.51. The molecular weight excluding hydrogens is 282 g/mol. The Hall–Kier alpha value is -2.47. The highest BCUT2D eigenvalue weighted by Crippen LogP contribution is 2.23. The smallest absolute Gasteiger partial charge is 0.319 e. The Morgan fingerprint density at radius 1 is 1.27 bits per heavy atom. The number of rotatable bonds is 6. The molecule has 0 spiro atoms. The van der Waals surface area contributed by atoms with Crippen molar-refractivity contribution in [3.8, 4) is 5.75 Å². The molecule has 1 unspecified atom stereocenters. The molecule has 0 radical (unpaired) electrons. The monoisotopic (exact) mass is 303 g/mol. The average Bonchev–Trinajstić information content (AvgIpc) is 3.01. The first-order chi connectivity index (χ1) is 10.6. The van der Waals surface area contributed by atoms with Crippen LogP contribution in [0.3, 0.4) is 0 Å². The summed E-state index contributed by atoms with van der Waals surface area (Å²) >= 11 is 0. The summed E-state index contributed by atoms with van der Waals surface area (Å²) in [6.07, 6.45) is 1.63. The number of nitrogens with one attached hydrogen (secondary N) is 2. The number of para-hydroxylation sites is 2. The van der Waals surface area contributed by atoms with Crippen LogP contribution < -0.4 is 15.4 Å². The summed E-state index contributed by atoms with van der Waals surface area (Å²) in [6.45, 7) is 0.432. The first-order valence-corrected chi connectivity index (χ1v) is 6.99. The molecule has 1 heterocycles. The molecule has 1 atom stereocenters. The van der Waals surface area contributed by atoms with E-state index in [9.17, 15) is 4.79 Å². The van der Waals surface area contributed by atoms with E-state index in [4.69, 9.17) is 9.15 Å². The lowest BCUT2D eigenvalue weighted by molar-refractivity contribution is 0.233. The lowest BCUT2D eigenvalue weighted by Gasteiger charge is -2.22. The van der Waals surface area contributed by atoms with Crippen LogP contribution >= 0.6 is 0 Å². The van der Waals surface area contributed by atoms with E-state index < -0.39 is 0 Å². The van der Waals surface area contributed by atoms with Crippen molar-refractivity contribution < 1.29 is 13.9 Å². The number of carbonyl (C=O) groups is 1. The van der Waals surface area contributed by atoms with Gasteiger partial charge >= 0.3 is 6.03 Å². The van der Waals surface area contributed by atoms with Crippen molar-refractivity contribution >= 4 is 11.7 Å². The van der Waals surface area contributed by atoms with Gasteiger partial charge in [0.25, 0.3) is 0 Å². The maximum atomic E-state index is 12.1. The largest absolute Gasteiger partial charge is 0.495 e. The van der Waals surface area contributed by atoms with Gasteiger partial charge in [-0.2, -0.15) is 0 Å². The minimum absolute atomic E-state index is 0.0292. The third-order valence-corrected chi connectivity index (χ3v) is 3.31. The van der Waals surface area contributed by atoms with Gasteiger partial charge in [-0.25, -0.2) is 4.79 Å². The van der Waals surface area contributed by atoms with E-state index in [0.29, 0.717) is 18.0 Å². The number of anilines is 1. The Kier molecular flexibility index (Phi) is 5.43. The van der Waals surface area contributed by atoms with E-state index >= 15 is 0 Å². The third-order valence-electron chi connectivity index (χ3n) is 3.31. The molecule has 2 amide bonds. The van der Waals surface area contributed by atoms with Gasteiger partial charge in [0.2, 0.25) is 0 Å². The molecule has 2 aromatic rings. The van der Waals surface area contributed by atoms with Crippen LogP contribution in [0.15, 0.2) is 47.1 Å². The van der Waals surface area contributed by atoms with Crippen LogP contribution in [0, 0.1) is 0 Å². The van der Waals surface area contributed by atoms with E-state index in [0.717, 1.165) is 5.76 Å². The molecule has 6 nitrogen and oxygen atoms in total. The van der Waals surface area contributed by atoms with Crippen LogP contribution in [-0.4, -0.2) is 38.7 Å². The topological polar surface area (TPSA) is 66.7 Å². The highest BCUT2D eigenvalue weighted by Gasteiger charge is 2.18. The number of furan rings is 1. The average molecular weight is 303 g/mol. The van der Waals surface area contributed by atoms with E-state index in [2.05, 4.69) is 10.6 Å². The van der Waals surface area contributed by atoms with Crippen molar-refractivity contribution in [1.82, 2.24) is 10.2 Å². The molecule has 2 N–H and O–H groups in total. The molecule has 1 aromatic carbocycles. The molecule has 0 saturated heterocycles. The number of benzene rings is 1. The van der Waals surface area contributed by atoms with Gasteiger partial charge in [-0.05, 0) is 38.4 Å². The number of ether oxygens (including phenoxy) is 1. The predicted molar refractivity (Wildman–Crippen MR) is 85.2 cm³/mol. The number of nitrogens with zero attached hydrogens (tertiary/aromatic N) is 1. The summed E-state index contributed by atoms with van der Waals surface area (Å²) in [4.78, 5) is 14.0. The number of hydrogen-bond donors (Lipinski definition) is 2. The zero-order valence-electron chi connectivity index (χ0n) is 13.0. The fourth-order valence-electron chi connectivity index (χ4n) is 2.12. The molecule has 0 saturated carbocycles. The number of carbonyl (C=O) groups excluding carboxylic acids is 1. The molecule has 6 heteroatoms. The van der Waals surface area contributed by atoms with Crippen molar-refractivity contribution in [2.75, 3.05) is 33.1 Å². The van der Waals surface area contributed by atoms with Gasteiger partial charge in [-0.1, -0.05) is 12.1 Å². The maximum Gasteiger partial charge on any atom is 0.319 e. The minimum atomic E-state index is -0.289. The van der Waals surface area contributed by atoms with Gasteiger partial charge < -0.3 is 19.8 Å². The lowest BCUT2D eigenvalue weighted by Crippen LogP contribution is -2.36. The molecule has 0 fully saturated rings. The Labute approximate surface area is 130 Å². The summed E-state index contributed by atoms with van der Waals surface area (Å²) in [5.74, 6) is 1.43. The molecule has 22 heavy (non-hydrogen) atoms. The van der Waals surface area contributed by atoms with Crippen LogP contribution in [0.1, 0.15) is 11.8 Å². The zero-order valence-corrected chi connectivity index (χ0v) is 13.0. The van der Waals surface area contributed by atoms with Crippen LogP contribution in [-0.2, 0) is 0 Å². The zero-order chi connectivity index (χ0) is 15.9. The fraction of sp³-hybridized carbons (Fsp3) is 0.312. The minimum Gasteiger partial charge on any atom is -0.495 e. The molecule has 0 aliphatic rings. The van der Waals surface area contributed by atoms with Gasteiger partial charge in [0, 0.05) is 6.54 Å². The highest BCUT2D eigenvalue weighted by atomic mass is 16.5. The number of likely N-dealkylation sites (N-methyl/N-ethyl adjacent to an activating group) is 1. The molecule has 0 aliphatic carbocycles. The third kappa shape index (κ3) is 4.02. The second-order valence-corrected chi connectivity index (χ2v) is 5.03. The Balaban J connectivity index is 1.94. The van der Waals surface area contributed by atoms with Crippen molar-refractivity contribution in [1.29, 1.82) is 0 Å². The summed E-state index contributed by atoms with van der Waals surface area (Å²) in [5, 5.41) is 5.62. The predicted octanol–water partition coefficient (Wildman–Crippen LogP) is 2.71. The first-order valence-electron chi connectivity index (χ1n) is 6.99. The standard InChI is InChI=1S/C16H21N3O3/c1-19(2)13(15-9-6-10-22-15)11-17-16(20)18-12-7-4-5-8-14(12)21-3/h4-10,13H,11H2,1-3H3,(H2,17,18,20). The van der Waals surface area contributed by atoms with Crippen molar-refractivity contribution in [2.45, 2.75) is 6.04 Å². The molecule has 0 bridgehead atoms. The maximum absolute atomic E-state index is 12.1. The number of amides is 2. The van der Waals surface area contributed by atoms with Crippen molar-refractivity contribution in [3.05, 3.63) is 48.4 Å². The van der Waals surface area contributed by atoms with E-state index in [1.54, 1.807) is 25.5 Å². The van der Waals surface area contributed by atoms with Gasteiger partial charge in [0.15, 0.2) is 0 Å². The summed E-state index contributed by atoms with van der Waals surface area (Å²) in [5.41, 5.74) is 0.627. The fourth-order valence-corrected chi connectivity index (χ4v) is 2.12. The number of methoxy groups -OCH3 is 1. The van der Waals surface area contributed by atoms with Gasteiger partial charge in [0.1, 0.15) is 11.5 Å². The Morgan fingerprint density at radius 3 is 2.68 bits per heavy atom. The van der Waals surface area contributed by atoms with Gasteiger partial charge in [0.05, 0.1) is 25.1 Å². The van der Waals surface area contributed by atoms with Crippen molar-refractivity contribution in [3.63, 3.8) is 0 Å². The normalized spacial score (nSPS) is 12.0. The van der Waals surface area contributed by atoms with Gasteiger partial charge in [-0.3, -0.25) is 4.90 Å². The summed E-state index contributed by atoms with van der Waals surface area (Å²) in [6, 6.07) is 10.7. The van der Waals surface area contributed by atoms with E-state index in [1.807, 2.05) is 43.3 Å². The summed E-state index contributed by atoms with van der Waals surface area (Å²) in [7, 11) is 5.44. The van der Waals surface area contributed by atoms with Crippen LogP contribution in [0.25, 0.3) is 0 Å². The molecule has 2 rings (SSSR count). The van der Waals surface area contributed by atoms with Crippen LogP contribution in [0.5, 0.6) is 5.75 Å².